The van der Waals surface area contributed by atoms with E-state index in [1.54, 1.807) is 31.4 Å². The normalized spacial score (nSPS) is 18.8. The zero-order chi connectivity index (χ0) is 21.1. The predicted octanol–water partition coefficient (Wildman–Crippen LogP) is 4.96. The van der Waals surface area contributed by atoms with E-state index in [0.29, 0.717) is 25.4 Å². The van der Waals surface area contributed by atoms with E-state index in [2.05, 4.69) is 11.8 Å². The molecule has 0 saturated carbocycles. The molecule has 0 atom stereocenters. The van der Waals surface area contributed by atoms with Crippen LogP contribution in [0.25, 0.3) is 10.8 Å². The van der Waals surface area contributed by atoms with Crippen LogP contribution in [0.15, 0.2) is 48.5 Å². The highest BCUT2D eigenvalue weighted by atomic mass is 19.1. The number of benzene rings is 3. The Kier molecular flexibility index (Phi) is 6.05. The van der Waals surface area contributed by atoms with Crippen molar-refractivity contribution in [3.63, 3.8) is 0 Å². The van der Waals surface area contributed by atoms with Gasteiger partial charge in [0, 0.05) is 24.2 Å². The molecule has 1 heterocycles. The molecule has 0 unspecified atom stereocenters. The van der Waals surface area contributed by atoms with Crippen molar-refractivity contribution in [1.82, 2.24) is 0 Å². The van der Waals surface area contributed by atoms with Crippen molar-refractivity contribution in [3.05, 3.63) is 82.7 Å². The molecule has 6 heteroatoms. The fourth-order valence-corrected chi connectivity index (χ4v) is 3.34. The molecular weight excluding hydrogens is 393 g/mol. The highest BCUT2D eigenvalue weighted by molar-refractivity contribution is 5.84. The molecule has 0 aromatic heterocycles. The van der Waals surface area contributed by atoms with Crippen molar-refractivity contribution in [3.8, 4) is 11.8 Å². The summed E-state index contributed by atoms with van der Waals surface area (Å²) in [6, 6.07) is 11.9. The van der Waals surface area contributed by atoms with Gasteiger partial charge in [-0.25, -0.2) is 13.2 Å². The van der Waals surface area contributed by atoms with E-state index in [0.717, 1.165) is 10.8 Å². The first-order valence-electron chi connectivity index (χ1n) is 9.46. The molecule has 0 bridgehead atoms. The van der Waals surface area contributed by atoms with E-state index in [-0.39, 0.29) is 22.9 Å². The van der Waals surface area contributed by atoms with Crippen molar-refractivity contribution in [2.75, 3.05) is 26.9 Å². The minimum Gasteiger partial charge on any atom is -0.384 e. The van der Waals surface area contributed by atoms with Crippen molar-refractivity contribution < 1.29 is 27.4 Å². The van der Waals surface area contributed by atoms with Crippen LogP contribution in [-0.4, -0.2) is 26.9 Å². The summed E-state index contributed by atoms with van der Waals surface area (Å²) in [5.41, 5.74) is 0.505. The van der Waals surface area contributed by atoms with Crippen molar-refractivity contribution >= 4 is 10.8 Å². The summed E-state index contributed by atoms with van der Waals surface area (Å²) < 4.78 is 58.6. The molecular formula is C24H19F3O3. The average molecular weight is 412 g/mol. The van der Waals surface area contributed by atoms with Crippen LogP contribution in [0.3, 0.4) is 0 Å². The molecule has 3 aromatic rings. The molecule has 4 rings (SSSR count). The van der Waals surface area contributed by atoms with Gasteiger partial charge in [-0.3, -0.25) is 0 Å². The Morgan fingerprint density at radius 3 is 2.27 bits per heavy atom. The van der Waals surface area contributed by atoms with Crippen LogP contribution in [0, 0.1) is 35.2 Å². The first kappa shape index (κ1) is 20.4. The van der Waals surface area contributed by atoms with Gasteiger partial charge in [0.05, 0.1) is 25.4 Å². The monoisotopic (exact) mass is 412 g/mol. The SMILES string of the molecule is COCC1COC(c2cc(F)c(C#Cc3ccc4cc(F)ccc4c3)c(F)c2)OC1. The maximum absolute atomic E-state index is 14.5. The fraction of sp³-hybridized carbons (Fsp3) is 0.250. The zero-order valence-corrected chi connectivity index (χ0v) is 16.3. The molecule has 30 heavy (non-hydrogen) atoms. The summed E-state index contributed by atoms with van der Waals surface area (Å²) in [7, 11) is 1.59. The molecule has 154 valence electrons. The molecule has 3 aromatic carbocycles. The van der Waals surface area contributed by atoms with Gasteiger partial charge in [-0.15, -0.1) is 0 Å². The Bertz CT molecular complexity index is 1100. The molecule has 0 N–H and O–H groups in total. The maximum Gasteiger partial charge on any atom is 0.184 e. The number of hydrogen-bond acceptors (Lipinski definition) is 3. The van der Waals surface area contributed by atoms with Crippen molar-refractivity contribution in [2.45, 2.75) is 6.29 Å². The molecule has 0 amide bonds. The summed E-state index contributed by atoms with van der Waals surface area (Å²) in [6.07, 6.45) is -0.829. The Hall–Kier alpha value is -2.85. The number of halogens is 3. The summed E-state index contributed by atoms with van der Waals surface area (Å²) in [5.74, 6) is 3.51. The maximum atomic E-state index is 14.5. The summed E-state index contributed by atoms with van der Waals surface area (Å²) in [6.45, 7) is 1.26. The van der Waals surface area contributed by atoms with Crippen LogP contribution >= 0.6 is 0 Å². The molecule has 0 radical (unpaired) electrons. The van der Waals surface area contributed by atoms with E-state index in [1.165, 1.54) is 24.3 Å². The molecule has 0 spiro atoms. The smallest absolute Gasteiger partial charge is 0.184 e. The van der Waals surface area contributed by atoms with Gasteiger partial charge >= 0.3 is 0 Å². The summed E-state index contributed by atoms with van der Waals surface area (Å²) in [5, 5.41) is 1.51. The van der Waals surface area contributed by atoms with Gasteiger partial charge < -0.3 is 14.2 Å². The molecule has 0 aliphatic carbocycles. The first-order chi connectivity index (χ1) is 14.5. The van der Waals surface area contributed by atoms with E-state index in [1.807, 2.05) is 0 Å². The molecule has 1 saturated heterocycles. The van der Waals surface area contributed by atoms with E-state index in [4.69, 9.17) is 14.2 Å². The zero-order valence-electron chi connectivity index (χ0n) is 16.3. The lowest BCUT2D eigenvalue weighted by Crippen LogP contribution is -2.30. The Morgan fingerprint density at radius 2 is 1.57 bits per heavy atom. The Labute approximate surface area is 172 Å². The lowest BCUT2D eigenvalue weighted by molar-refractivity contribution is -0.211. The Morgan fingerprint density at radius 1 is 0.900 bits per heavy atom. The quantitative estimate of drug-likeness (QED) is 0.569. The largest absolute Gasteiger partial charge is 0.384 e. The van der Waals surface area contributed by atoms with Crippen LogP contribution in [0.5, 0.6) is 0 Å². The minimum absolute atomic E-state index is 0.0875. The lowest BCUT2D eigenvalue weighted by Gasteiger charge is -2.29. The number of fused-ring (bicyclic) bond motifs is 1. The van der Waals surface area contributed by atoms with Crippen LogP contribution in [0.4, 0.5) is 13.2 Å². The number of rotatable bonds is 3. The van der Waals surface area contributed by atoms with Crippen molar-refractivity contribution in [2.24, 2.45) is 5.92 Å². The minimum atomic E-state index is -0.829. The van der Waals surface area contributed by atoms with Gasteiger partial charge in [0.1, 0.15) is 17.5 Å². The van der Waals surface area contributed by atoms with Gasteiger partial charge in [-0.1, -0.05) is 24.0 Å². The molecule has 1 fully saturated rings. The third-order valence-electron chi connectivity index (χ3n) is 4.84. The van der Waals surface area contributed by atoms with Gasteiger partial charge in [0.15, 0.2) is 6.29 Å². The van der Waals surface area contributed by atoms with Gasteiger partial charge in [-0.2, -0.15) is 0 Å². The highest BCUT2D eigenvalue weighted by Gasteiger charge is 2.25. The average Bonchev–Trinajstić information content (AvgIpc) is 2.74. The first-order valence-corrected chi connectivity index (χ1v) is 9.46. The van der Waals surface area contributed by atoms with Crippen LogP contribution in [-0.2, 0) is 14.2 Å². The molecule has 1 aliphatic rings. The summed E-state index contributed by atoms with van der Waals surface area (Å²) in [4.78, 5) is 0. The molecule has 1 aliphatic heterocycles. The van der Waals surface area contributed by atoms with Crippen LogP contribution in [0.1, 0.15) is 23.0 Å². The highest BCUT2D eigenvalue weighted by Crippen LogP contribution is 2.28. The standard InChI is InChI=1S/C24H19F3O3/c1-28-12-16-13-29-24(30-14-16)19-10-22(26)21(23(27)11-19)7-3-15-2-4-18-9-20(25)6-5-17(18)8-15/h2,4-6,8-11,16,24H,12-14H2,1H3. The third kappa shape index (κ3) is 4.49. The fourth-order valence-electron chi connectivity index (χ4n) is 3.34. The van der Waals surface area contributed by atoms with Gasteiger partial charge in [0.2, 0.25) is 0 Å². The van der Waals surface area contributed by atoms with Gasteiger partial charge in [0.25, 0.3) is 0 Å². The lowest BCUT2D eigenvalue weighted by atomic mass is 10.1. The number of ether oxygens (including phenoxy) is 3. The molecule has 3 nitrogen and oxygen atoms in total. The second-order valence-electron chi connectivity index (χ2n) is 7.14. The third-order valence-corrected chi connectivity index (χ3v) is 4.84. The van der Waals surface area contributed by atoms with Crippen LogP contribution < -0.4 is 0 Å². The second-order valence-corrected chi connectivity index (χ2v) is 7.14. The van der Waals surface area contributed by atoms with E-state index >= 15 is 0 Å². The second kappa shape index (κ2) is 8.88. The number of methoxy groups -OCH3 is 1. The topological polar surface area (TPSA) is 27.7 Å². The summed E-state index contributed by atoms with van der Waals surface area (Å²) >= 11 is 0. The van der Waals surface area contributed by atoms with Gasteiger partial charge in [-0.05, 0) is 47.2 Å². The Balaban J connectivity index is 1.54. The predicted molar refractivity (Wildman–Crippen MR) is 106 cm³/mol. The van der Waals surface area contributed by atoms with Crippen LogP contribution in [0.2, 0.25) is 0 Å². The number of hydrogen-bond donors (Lipinski definition) is 0. The van der Waals surface area contributed by atoms with Crippen molar-refractivity contribution in [1.29, 1.82) is 0 Å². The van der Waals surface area contributed by atoms with E-state index < -0.39 is 17.9 Å². The van der Waals surface area contributed by atoms with E-state index in [9.17, 15) is 13.2 Å².